The van der Waals surface area contributed by atoms with Gasteiger partial charge in [-0.2, -0.15) is 0 Å². The second kappa shape index (κ2) is 8.85. The van der Waals surface area contributed by atoms with E-state index < -0.39 is 15.6 Å². The quantitative estimate of drug-likeness (QED) is 0.663. The van der Waals surface area contributed by atoms with Crippen LogP contribution in [0, 0.1) is 0 Å². The van der Waals surface area contributed by atoms with Crippen molar-refractivity contribution in [1.82, 2.24) is 14.5 Å². The molecule has 154 valence electrons. The molecule has 2 rings (SSSR count). The monoisotopic (exact) mass is 408 g/mol. The van der Waals surface area contributed by atoms with E-state index in [4.69, 9.17) is 9.88 Å². The van der Waals surface area contributed by atoms with E-state index in [1.165, 1.54) is 12.1 Å². The smallest absolute Gasteiger partial charge is 0.320 e. The number of hydrogen-bond donors (Lipinski definition) is 1. The SMILES string of the molecule is Cn1ccnc1CN(CCc1ccc(S(N)(=O)=O)cc1)CC(=O)OC(C)(C)C. The number of imidazole rings is 1. The molecule has 0 atom stereocenters. The number of nitrogens with two attached hydrogens (primary N) is 1. The van der Waals surface area contributed by atoms with Gasteiger partial charge in [-0.15, -0.1) is 0 Å². The predicted molar refractivity (Wildman–Crippen MR) is 106 cm³/mol. The maximum atomic E-state index is 12.3. The summed E-state index contributed by atoms with van der Waals surface area (Å²) in [5.41, 5.74) is 0.400. The van der Waals surface area contributed by atoms with Crippen molar-refractivity contribution in [2.24, 2.45) is 12.2 Å². The number of aromatic nitrogens is 2. The van der Waals surface area contributed by atoms with Crippen LogP contribution in [0.1, 0.15) is 32.2 Å². The highest BCUT2D eigenvalue weighted by atomic mass is 32.2. The Bertz CT molecular complexity index is 899. The Kier molecular flexibility index (Phi) is 6.97. The minimum atomic E-state index is -3.71. The van der Waals surface area contributed by atoms with Gasteiger partial charge in [0.1, 0.15) is 11.4 Å². The van der Waals surface area contributed by atoms with Crippen molar-refractivity contribution in [2.45, 2.75) is 44.2 Å². The van der Waals surface area contributed by atoms with Gasteiger partial charge in [-0.25, -0.2) is 18.5 Å². The van der Waals surface area contributed by atoms with Crippen LogP contribution in [0.25, 0.3) is 0 Å². The van der Waals surface area contributed by atoms with Gasteiger partial charge < -0.3 is 9.30 Å². The van der Waals surface area contributed by atoms with Crippen LogP contribution >= 0.6 is 0 Å². The van der Waals surface area contributed by atoms with Crippen LogP contribution in [0.15, 0.2) is 41.6 Å². The molecule has 0 aliphatic heterocycles. The Labute approximate surface area is 166 Å². The number of nitrogens with zero attached hydrogens (tertiary/aromatic N) is 3. The van der Waals surface area contributed by atoms with Crippen LogP contribution in [-0.2, 0) is 39.6 Å². The van der Waals surface area contributed by atoms with Crippen molar-refractivity contribution >= 4 is 16.0 Å². The maximum Gasteiger partial charge on any atom is 0.320 e. The van der Waals surface area contributed by atoms with Crippen LogP contribution in [0.4, 0.5) is 0 Å². The van der Waals surface area contributed by atoms with E-state index in [-0.39, 0.29) is 17.4 Å². The summed E-state index contributed by atoms with van der Waals surface area (Å²) in [5.74, 6) is 0.541. The standard InChI is InChI=1S/C19H28N4O4S/c1-19(2,3)27-18(24)14-23(13-17-21-10-12-22(17)4)11-9-15-5-7-16(8-6-15)28(20,25)26/h5-8,10,12H,9,11,13-14H2,1-4H3,(H2,20,25,26). The fraction of sp³-hybridized carbons (Fsp3) is 0.474. The van der Waals surface area contributed by atoms with Gasteiger partial charge in [0.25, 0.3) is 0 Å². The highest BCUT2D eigenvalue weighted by molar-refractivity contribution is 7.89. The number of hydrogen-bond acceptors (Lipinski definition) is 6. The molecule has 0 amide bonds. The molecule has 0 unspecified atom stereocenters. The third-order valence-electron chi connectivity index (χ3n) is 4.03. The molecule has 0 aliphatic rings. The molecule has 9 heteroatoms. The molecule has 2 N–H and O–H groups in total. The number of aryl methyl sites for hydroxylation is 1. The second-order valence-electron chi connectivity index (χ2n) is 7.69. The van der Waals surface area contributed by atoms with E-state index in [1.807, 2.05) is 43.5 Å². The van der Waals surface area contributed by atoms with Gasteiger partial charge in [-0.05, 0) is 44.9 Å². The lowest BCUT2D eigenvalue weighted by molar-refractivity contribution is -0.156. The summed E-state index contributed by atoms with van der Waals surface area (Å²) in [4.78, 5) is 18.6. The van der Waals surface area contributed by atoms with Gasteiger partial charge in [0.15, 0.2) is 0 Å². The molecule has 0 spiro atoms. The number of primary sulfonamides is 1. The Morgan fingerprint density at radius 2 is 1.89 bits per heavy atom. The van der Waals surface area contributed by atoms with Gasteiger partial charge in [-0.1, -0.05) is 12.1 Å². The maximum absolute atomic E-state index is 12.3. The van der Waals surface area contributed by atoms with Crippen molar-refractivity contribution in [3.63, 3.8) is 0 Å². The van der Waals surface area contributed by atoms with Crippen molar-refractivity contribution in [1.29, 1.82) is 0 Å². The normalized spacial score (nSPS) is 12.4. The lowest BCUT2D eigenvalue weighted by Crippen LogP contribution is -2.36. The molecule has 2 aromatic rings. The molecule has 1 heterocycles. The van der Waals surface area contributed by atoms with Gasteiger partial charge in [0.05, 0.1) is 18.0 Å². The first-order valence-corrected chi connectivity index (χ1v) is 10.5. The third kappa shape index (κ3) is 7.06. The topological polar surface area (TPSA) is 108 Å². The molecule has 8 nitrogen and oxygen atoms in total. The summed E-state index contributed by atoms with van der Waals surface area (Å²) >= 11 is 0. The van der Waals surface area contributed by atoms with Gasteiger partial charge in [-0.3, -0.25) is 9.69 Å². The van der Waals surface area contributed by atoms with Crippen molar-refractivity contribution in [3.05, 3.63) is 48.0 Å². The van der Waals surface area contributed by atoms with E-state index >= 15 is 0 Å². The molecule has 0 bridgehead atoms. The summed E-state index contributed by atoms with van der Waals surface area (Å²) in [6.45, 7) is 6.72. The van der Waals surface area contributed by atoms with Crippen LogP contribution in [0.5, 0.6) is 0 Å². The minimum Gasteiger partial charge on any atom is -0.459 e. The van der Waals surface area contributed by atoms with Gasteiger partial charge in [0, 0.05) is 26.0 Å². The van der Waals surface area contributed by atoms with Crippen LogP contribution in [-0.4, -0.2) is 47.5 Å². The number of ether oxygens (including phenoxy) is 1. The summed E-state index contributed by atoms with van der Waals surface area (Å²) in [5, 5.41) is 5.13. The van der Waals surface area contributed by atoms with Crippen molar-refractivity contribution < 1.29 is 17.9 Å². The number of sulfonamides is 1. The zero-order chi connectivity index (χ0) is 20.9. The summed E-state index contributed by atoms with van der Waals surface area (Å²) in [7, 11) is -1.80. The molecule has 1 aromatic carbocycles. The van der Waals surface area contributed by atoms with Crippen LogP contribution in [0.2, 0.25) is 0 Å². The number of benzene rings is 1. The van der Waals surface area contributed by atoms with Crippen molar-refractivity contribution in [3.8, 4) is 0 Å². The first-order chi connectivity index (χ1) is 12.9. The van der Waals surface area contributed by atoms with E-state index in [9.17, 15) is 13.2 Å². The van der Waals surface area contributed by atoms with E-state index in [1.54, 1.807) is 18.3 Å². The molecular formula is C19H28N4O4S. The Morgan fingerprint density at radius 1 is 1.25 bits per heavy atom. The Balaban J connectivity index is 2.06. The molecule has 0 fully saturated rings. The highest BCUT2D eigenvalue weighted by Gasteiger charge is 2.20. The first-order valence-electron chi connectivity index (χ1n) is 8.96. The molecule has 28 heavy (non-hydrogen) atoms. The number of esters is 1. The lowest BCUT2D eigenvalue weighted by atomic mass is 10.1. The zero-order valence-corrected chi connectivity index (χ0v) is 17.6. The predicted octanol–water partition coefficient (Wildman–Crippen LogP) is 1.45. The molecule has 0 saturated heterocycles. The van der Waals surface area contributed by atoms with Crippen LogP contribution in [0.3, 0.4) is 0 Å². The summed E-state index contributed by atoms with van der Waals surface area (Å²) in [6, 6.07) is 6.43. The minimum absolute atomic E-state index is 0.0786. The first kappa shape index (κ1) is 22.1. The molecule has 0 radical (unpaired) electrons. The van der Waals surface area contributed by atoms with E-state index in [0.717, 1.165) is 11.4 Å². The molecular weight excluding hydrogens is 380 g/mol. The van der Waals surface area contributed by atoms with Gasteiger partial charge >= 0.3 is 5.97 Å². The second-order valence-corrected chi connectivity index (χ2v) is 9.25. The van der Waals surface area contributed by atoms with Crippen LogP contribution < -0.4 is 5.14 Å². The third-order valence-corrected chi connectivity index (χ3v) is 4.96. The number of carbonyl (C=O) groups is 1. The van der Waals surface area contributed by atoms with E-state index in [0.29, 0.717) is 19.5 Å². The fourth-order valence-electron chi connectivity index (χ4n) is 2.65. The number of carbonyl (C=O) groups excluding carboxylic acids is 1. The Hall–Kier alpha value is -2.23. The fourth-order valence-corrected chi connectivity index (χ4v) is 3.17. The van der Waals surface area contributed by atoms with E-state index in [2.05, 4.69) is 4.98 Å². The molecule has 0 aliphatic carbocycles. The average Bonchev–Trinajstić information content (AvgIpc) is 2.95. The Morgan fingerprint density at radius 3 is 2.39 bits per heavy atom. The lowest BCUT2D eigenvalue weighted by Gasteiger charge is -2.25. The largest absolute Gasteiger partial charge is 0.459 e. The zero-order valence-electron chi connectivity index (χ0n) is 16.8. The average molecular weight is 409 g/mol. The van der Waals surface area contributed by atoms with Gasteiger partial charge in [0.2, 0.25) is 10.0 Å². The summed E-state index contributed by atoms with van der Waals surface area (Å²) < 4.78 is 30.1. The highest BCUT2D eigenvalue weighted by Crippen LogP contribution is 2.12. The number of rotatable bonds is 8. The molecule has 0 saturated carbocycles. The molecule has 1 aromatic heterocycles. The summed E-state index contributed by atoms with van der Waals surface area (Å²) in [6.07, 6.45) is 4.21. The van der Waals surface area contributed by atoms with Crippen molar-refractivity contribution in [2.75, 3.05) is 13.1 Å².